The maximum atomic E-state index is 13.6. The van der Waals surface area contributed by atoms with Gasteiger partial charge in [0.05, 0.1) is 23.7 Å². The maximum absolute atomic E-state index is 13.6. The van der Waals surface area contributed by atoms with E-state index in [2.05, 4.69) is 4.72 Å². The first-order valence-corrected chi connectivity index (χ1v) is 7.74. The van der Waals surface area contributed by atoms with Crippen molar-refractivity contribution in [1.82, 2.24) is 4.72 Å². The molecule has 1 saturated heterocycles. The van der Waals surface area contributed by atoms with Crippen LogP contribution in [-0.2, 0) is 14.8 Å². The topological polar surface area (TPSA) is 92.7 Å². The number of carboxylic acid groups (broad SMARTS) is 1. The Morgan fingerprint density at radius 1 is 1.48 bits per heavy atom. The van der Waals surface area contributed by atoms with Gasteiger partial charge in [0.1, 0.15) is 5.82 Å². The SMILES string of the molecule is Cc1cc(S(=O)(=O)NCC2(C)COC2)cc(C(=O)O)c1F. The minimum Gasteiger partial charge on any atom is -0.478 e. The van der Waals surface area contributed by atoms with Gasteiger partial charge in [-0.15, -0.1) is 0 Å². The minimum atomic E-state index is -3.90. The van der Waals surface area contributed by atoms with Crippen LogP contribution in [0, 0.1) is 18.2 Å². The second kappa shape index (κ2) is 5.36. The van der Waals surface area contributed by atoms with Crippen LogP contribution in [0.25, 0.3) is 0 Å². The van der Waals surface area contributed by atoms with Crippen LogP contribution in [0.2, 0.25) is 0 Å². The largest absolute Gasteiger partial charge is 0.478 e. The van der Waals surface area contributed by atoms with Crippen molar-refractivity contribution < 1.29 is 27.4 Å². The standard InChI is InChI=1S/C13H16FNO5S/c1-8-3-9(4-10(11(8)14)12(16)17)21(18,19)15-5-13(2)6-20-7-13/h3-4,15H,5-7H2,1-2H3,(H,16,17). The van der Waals surface area contributed by atoms with Gasteiger partial charge in [-0.25, -0.2) is 22.3 Å². The number of carboxylic acids is 1. The minimum absolute atomic E-state index is 0.0338. The van der Waals surface area contributed by atoms with Crippen LogP contribution in [0.1, 0.15) is 22.8 Å². The van der Waals surface area contributed by atoms with Gasteiger partial charge in [0.2, 0.25) is 10.0 Å². The predicted octanol–water partition coefficient (Wildman–Crippen LogP) is 1.15. The number of halogens is 1. The fraction of sp³-hybridized carbons (Fsp3) is 0.462. The molecule has 1 aliphatic heterocycles. The monoisotopic (exact) mass is 317 g/mol. The van der Waals surface area contributed by atoms with E-state index in [0.717, 1.165) is 12.1 Å². The average molecular weight is 317 g/mol. The van der Waals surface area contributed by atoms with Gasteiger partial charge in [-0.3, -0.25) is 0 Å². The molecule has 2 rings (SSSR count). The first-order valence-electron chi connectivity index (χ1n) is 6.25. The Hall–Kier alpha value is -1.51. The van der Waals surface area contributed by atoms with Crippen LogP contribution in [0.4, 0.5) is 4.39 Å². The van der Waals surface area contributed by atoms with Crippen molar-refractivity contribution in [2.45, 2.75) is 18.7 Å². The molecule has 0 aliphatic carbocycles. The molecule has 0 aromatic heterocycles. The van der Waals surface area contributed by atoms with E-state index in [1.807, 2.05) is 6.92 Å². The van der Waals surface area contributed by atoms with Crippen LogP contribution < -0.4 is 4.72 Å². The highest BCUT2D eigenvalue weighted by Crippen LogP contribution is 2.26. The van der Waals surface area contributed by atoms with E-state index >= 15 is 0 Å². The van der Waals surface area contributed by atoms with Crippen LogP contribution in [0.3, 0.4) is 0 Å². The molecule has 0 spiro atoms. The molecular formula is C13H16FNO5S. The third kappa shape index (κ3) is 3.22. The molecular weight excluding hydrogens is 301 g/mol. The molecule has 1 aromatic carbocycles. The van der Waals surface area contributed by atoms with Gasteiger partial charge in [-0.2, -0.15) is 0 Å². The molecule has 1 aromatic rings. The second-order valence-electron chi connectivity index (χ2n) is 5.53. The number of hydrogen-bond acceptors (Lipinski definition) is 4. The fourth-order valence-electron chi connectivity index (χ4n) is 1.95. The zero-order valence-electron chi connectivity index (χ0n) is 11.6. The average Bonchev–Trinajstić information content (AvgIpc) is 2.36. The summed E-state index contributed by atoms with van der Waals surface area (Å²) in [5.41, 5.74) is -0.959. The fourth-order valence-corrected chi connectivity index (χ4v) is 3.26. The number of aryl methyl sites for hydroxylation is 1. The van der Waals surface area contributed by atoms with Crippen molar-refractivity contribution in [3.63, 3.8) is 0 Å². The van der Waals surface area contributed by atoms with Gasteiger partial charge in [0.15, 0.2) is 0 Å². The summed E-state index contributed by atoms with van der Waals surface area (Å²) in [5, 5.41) is 8.91. The number of rotatable bonds is 5. The summed E-state index contributed by atoms with van der Waals surface area (Å²) in [5.74, 6) is -2.44. The van der Waals surface area contributed by atoms with Gasteiger partial charge in [0.25, 0.3) is 0 Å². The van der Waals surface area contributed by atoms with E-state index < -0.39 is 27.4 Å². The molecule has 21 heavy (non-hydrogen) atoms. The Morgan fingerprint density at radius 3 is 2.57 bits per heavy atom. The van der Waals surface area contributed by atoms with Gasteiger partial charge in [-0.05, 0) is 24.6 Å². The van der Waals surface area contributed by atoms with E-state index in [1.165, 1.54) is 6.92 Å². The van der Waals surface area contributed by atoms with Crippen molar-refractivity contribution in [3.8, 4) is 0 Å². The number of hydrogen-bond donors (Lipinski definition) is 2. The quantitative estimate of drug-likeness (QED) is 0.850. The summed E-state index contributed by atoms with van der Waals surface area (Å²) < 4.78 is 45.5. The zero-order valence-corrected chi connectivity index (χ0v) is 12.5. The highest BCUT2D eigenvalue weighted by atomic mass is 32.2. The molecule has 1 heterocycles. The lowest BCUT2D eigenvalue weighted by Gasteiger charge is -2.37. The molecule has 0 unspecified atom stereocenters. The molecule has 8 heteroatoms. The third-order valence-electron chi connectivity index (χ3n) is 3.36. The molecule has 1 aliphatic rings. The van der Waals surface area contributed by atoms with E-state index in [9.17, 15) is 17.6 Å². The zero-order chi connectivity index (χ0) is 15.8. The summed E-state index contributed by atoms with van der Waals surface area (Å²) >= 11 is 0. The predicted molar refractivity (Wildman–Crippen MR) is 72.2 cm³/mol. The van der Waals surface area contributed by atoms with E-state index in [0.29, 0.717) is 13.2 Å². The van der Waals surface area contributed by atoms with Gasteiger partial charge < -0.3 is 9.84 Å². The summed E-state index contributed by atoms with van der Waals surface area (Å²) in [6.45, 7) is 4.28. The smallest absolute Gasteiger partial charge is 0.338 e. The first kappa shape index (κ1) is 15.9. The van der Waals surface area contributed by atoms with Crippen molar-refractivity contribution in [3.05, 3.63) is 29.1 Å². The lowest BCUT2D eigenvalue weighted by molar-refractivity contribution is -0.0965. The molecule has 0 saturated carbocycles. The van der Waals surface area contributed by atoms with E-state index in [4.69, 9.17) is 9.84 Å². The second-order valence-corrected chi connectivity index (χ2v) is 7.30. The van der Waals surface area contributed by atoms with Gasteiger partial charge in [0, 0.05) is 12.0 Å². The lowest BCUT2D eigenvalue weighted by Crippen LogP contribution is -2.48. The highest BCUT2D eigenvalue weighted by molar-refractivity contribution is 7.89. The van der Waals surface area contributed by atoms with Gasteiger partial charge in [-0.1, -0.05) is 6.92 Å². The Labute approximate surface area is 122 Å². The third-order valence-corrected chi connectivity index (χ3v) is 4.74. The normalized spacial score (nSPS) is 17.3. The van der Waals surface area contributed by atoms with E-state index in [-0.39, 0.29) is 22.4 Å². The van der Waals surface area contributed by atoms with Crippen LogP contribution in [-0.4, -0.2) is 39.3 Å². The molecule has 1 fully saturated rings. The Balaban J connectivity index is 2.29. The summed E-state index contributed by atoms with van der Waals surface area (Å²) in [4.78, 5) is 10.7. The van der Waals surface area contributed by atoms with Crippen LogP contribution in [0.15, 0.2) is 17.0 Å². The van der Waals surface area contributed by atoms with Crippen molar-refractivity contribution >= 4 is 16.0 Å². The van der Waals surface area contributed by atoms with Gasteiger partial charge >= 0.3 is 5.97 Å². The summed E-state index contributed by atoms with van der Waals surface area (Å²) in [6.07, 6.45) is 0. The molecule has 2 N–H and O–H groups in total. The number of carbonyl (C=O) groups is 1. The highest BCUT2D eigenvalue weighted by Gasteiger charge is 2.34. The Bertz CT molecular complexity index is 682. The molecule has 0 amide bonds. The van der Waals surface area contributed by atoms with Crippen molar-refractivity contribution in [2.24, 2.45) is 5.41 Å². The lowest BCUT2D eigenvalue weighted by atomic mass is 9.89. The van der Waals surface area contributed by atoms with Crippen molar-refractivity contribution in [1.29, 1.82) is 0 Å². The molecule has 0 radical (unpaired) electrons. The summed E-state index contributed by atoms with van der Waals surface area (Å²) in [7, 11) is -3.90. The molecule has 6 nitrogen and oxygen atoms in total. The number of aromatic carboxylic acids is 1. The number of ether oxygens (including phenoxy) is 1. The Morgan fingerprint density at radius 2 is 2.10 bits per heavy atom. The Kier molecular flexibility index (Phi) is 4.05. The van der Waals surface area contributed by atoms with Crippen LogP contribution >= 0.6 is 0 Å². The first-order chi connectivity index (χ1) is 9.65. The molecule has 116 valence electrons. The number of nitrogens with one attached hydrogen (secondary N) is 1. The summed E-state index contributed by atoms with van der Waals surface area (Å²) in [6, 6.07) is 1.94. The molecule has 0 bridgehead atoms. The number of sulfonamides is 1. The molecule has 0 atom stereocenters. The van der Waals surface area contributed by atoms with Crippen LogP contribution in [0.5, 0.6) is 0 Å². The number of benzene rings is 1. The van der Waals surface area contributed by atoms with E-state index in [1.54, 1.807) is 0 Å². The van der Waals surface area contributed by atoms with Crippen molar-refractivity contribution in [2.75, 3.05) is 19.8 Å². The maximum Gasteiger partial charge on any atom is 0.338 e.